The molecule has 6 heterocycles. The van der Waals surface area contributed by atoms with Crippen LogP contribution >= 0.6 is 0 Å². The number of hydrogen-bond donors (Lipinski definition) is 2. The van der Waals surface area contributed by atoms with Crippen LogP contribution in [0.4, 0.5) is 24.7 Å². The van der Waals surface area contributed by atoms with Crippen LogP contribution < -0.4 is 22.0 Å². The molecule has 0 spiro atoms. The molecule has 4 N–H and O–H groups in total. The van der Waals surface area contributed by atoms with Gasteiger partial charge in [-0.25, -0.2) is 18.6 Å². The van der Waals surface area contributed by atoms with Crippen molar-refractivity contribution in [2.75, 3.05) is 51.4 Å². The number of fused-ring (bicyclic) bond motifs is 3. The lowest BCUT2D eigenvalue weighted by Gasteiger charge is -2.31. The third-order valence-corrected chi connectivity index (χ3v) is 12.1. The first-order chi connectivity index (χ1) is 28.0. The summed E-state index contributed by atoms with van der Waals surface area (Å²) in [7, 11) is 0.500. The van der Waals surface area contributed by atoms with Crippen LogP contribution in [0.2, 0.25) is 0 Å². The summed E-state index contributed by atoms with van der Waals surface area (Å²) in [5, 5.41) is 1.23. The smallest absolute Gasteiger partial charge is 0.461 e. The van der Waals surface area contributed by atoms with Crippen molar-refractivity contribution in [3.05, 3.63) is 69.3 Å². The summed E-state index contributed by atoms with van der Waals surface area (Å²) in [5.41, 5.74) is 14.0. The van der Waals surface area contributed by atoms with E-state index in [1.54, 1.807) is 18.2 Å². The average molecular weight is 800 g/mol. The maximum atomic E-state index is 17.1. The number of aryl methyl sites for hydroxylation is 1. The van der Waals surface area contributed by atoms with Gasteiger partial charge in [-0.15, -0.1) is 6.42 Å². The highest BCUT2D eigenvalue weighted by molar-refractivity contribution is 6.04. The monoisotopic (exact) mass is 799 g/mol. The van der Waals surface area contributed by atoms with Gasteiger partial charge < -0.3 is 25.0 Å². The van der Waals surface area contributed by atoms with Gasteiger partial charge in [-0.05, 0) is 107 Å². The predicted octanol–water partition coefficient (Wildman–Crippen LogP) is 8.16. The average Bonchev–Trinajstić information content (AvgIpc) is 3.85. The Morgan fingerprint density at radius 3 is 2.53 bits per heavy atom. The number of ether oxygens (including phenoxy) is 1. The number of anilines is 2. The quantitative estimate of drug-likeness (QED) is 0.0985. The van der Waals surface area contributed by atoms with E-state index in [1.807, 2.05) is 13.8 Å². The van der Waals surface area contributed by atoms with Gasteiger partial charge in [-0.2, -0.15) is 9.97 Å². The van der Waals surface area contributed by atoms with Gasteiger partial charge in [0.2, 0.25) is 0 Å². The van der Waals surface area contributed by atoms with Gasteiger partial charge in [0.15, 0.2) is 17.3 Å². The van der Waals surface area contributed by atoms with Gasteiger partial charge in [0.1, 0.15) is 29.5 Å². The molecule has 14 heteroatoms. The van der Waals surface area contributed by atoms with E-state index in [4.69, 9.17) is 36.4 Å². The molecule has 8 rings (SSSR count). The first-order valence-corrected chi connectivity index (χ1v) is 20.3. The highest BCUT2D eigenvalue weighted by Gasteiger charge is 2.45. The third kappa shape index (κ3) is 8.11. The summed E-state index contributed by atoms with van der Waals surface area (Å²) >= 11 is 0. The Hall–Kier alpha value is -5.13. The van der Waals surface area contributed by atoms with Crippen molar-refractivity contribution in [2.24, 2.45) is 5.92 Å². The molecule has 11 nitrogen and oxygen atoms in total. The zero-order valence-corrected chi connectivity index (χ0v) is 33.5. The highest BCUT2D eigenvalue weighted by Crippen LogP contribution is 2.41. The van der Waals surface area contributed by atoms with Crippen molar-refractivity contribution >= 4 is 33.2 Å². The lowest BCUT2D eigenvalue weighted by molar-refractivity contribution is 0.108. The molecule has 0 amide bonds. The van der Waals surface area contributed by atoms with Crippen LogP contribution in [0.3, 0.4) is 0 Å². The molecule has 3 saturated heterocycles. The van der Waals surface area contributed by atoms with Crippen LogP contribution in [0.15, 0.2) is 37.9 Å². The Morgan fingerprint density at radius 1 is 1.02 bits per heavy atom. The normalized spacial score (nSPS) is 18.3. The van der Waals surface area contributed by atoms with Crippen LogP contribution in [0, 0.1) is 29.9 Å². The summed E-state index contributed by atoms with van der Waals surface area (Å²) in [4.78, 5) is 30.9. The minimum atomic E-state index is -0.741. The molecule has 0 bridgehead atoms. The Balaban J connectivity index is 0.00000252. The molecule has 3 aliphatic rings. The van der Waals surface area contributed by atoms with Crippen molar-refractivity contribution in [3.63, 3.8) is 0 Å². The summed E-state index contributed by atoms with van der Waals surface area (Å²) in [5.74, 6) is 2.11. The molecule has 58 heavy (non-hydrogen) atoms. The molecule has 3 aromatic heterocycles. The van der Waals surface area contributed by atoms with E-state index >= 15 is 8.78 Å². The van der Waals surface area contributed by atoms with Crippen LogP contribution in [0.1, 0.15) is 100 Å². The summed E-state index contributed by atoms with van der Waals surface area (Å²) < 4.78 is 58.8. The Labute approximate surface area is 336 Å². The summed E-state index contributed by atoms with van der Waals surface area (Å²) in [6.45, 7) is 8.64. The zero-order valence-electron chi connectivity index (χ0n) is 33.5. The lowest BCUT2D eigenvalue weighted by Crippen LogP contribution is -2.43. The molecule has 0 radical (unpaired) electrons. The standard InChI is InChI=1S/C43H49F2N7O4.CH3F/c1-4-29-31(44)14-13-27-20-28(46)21-30(34(27)29)37-36(45)38-35(40(47)50-41(49-38)54-24-43-15-8-18-52(43)19-9-16-43)32(48-37)12-7-11-26-10-5-6-17-51(22-26)23-33-39(25(2)3)56-42(53)55-33;1-2/h1,13-14,20-21,25-26H,5-12,15-19,22-24,46H2,2-3H3,(H2,47,49,50);1H3. The van der Waals surface area contributed by atoms with Gasteiger partial charge in [-0.1, -0.05) is 32.3 Å². The molecule has 1 atom stereocenters. The largest absolute Gasteiger partial charge is 0.519 e. The van der Waals surface area contributed by atoms with Crippen molar-refractivity contribution in [2.45, 2.75) is 96.1 Å². The maximum Gasteiger partial charge on any atom is 0.519 e. The number of nitrogen functional groups attached to an aromatic ring is 2. The second-order valence-corrected chi connectivity index (χ2v) is 16.2. The maximum absolute atomic E-state index is 17.1. The number of rotatable bonds is 11. The Kier molecular flexibility index (Phi) is 12.3. The van der Waals surface area contributed by atoms with Crippen molar-refractivity contribution in [1.29, 1.82) is 0 Å². The molecule has 0 saturated carbocycles. The molecule has 3 aliphatic heterocycles. The van der Waals surface area contributed by atoms with Gasteiger partial charge in [0.25, 0.3) is 0 Å². The van der Waals surface area contributed by atoms with E-state index in [0.717, 1.165) is 84.0 Å². The number of terminal acetylenes is 1. The van der Waals surface area contributed by atoms with Crippen molar-refractivity contribution in [3.8, 4) is 29.6 Å². The van der Waals surface area contributed by atoms with Gasteiger partial charge >= 0.3 is 11.8 Å². The minimum Gasteiger partial charge on any atom is -0.461 e. The predicted molar refractivity (Wildman–Crippen MR) is 219 cm³/mol. The Bertz CT molecular complexity index is 2380. The summed E-state index contributed by atoms with van der Waals surface area (Å²) in [6, 6.07) is 6.12. The Morgan fingerprint density at radius 2 is 1.79 bits per heavy atom. The number of alkyl halides is 1. The van der Waals surface area contributed by atoms with Crippen molar-refractivity contribution < 1.29 is 26.7 Å². The fourth-order valence-corrected chi connectivity index (χ4v) is 9.45. The minimum absolute atomic E-state index is 0.00311. The van der Waals surface area contributed by atoms with Gasteiger partial charge in [0, 0.05) is 29.1 Å². The molecular weight excluding hydrogens is 748 g/mol. The number of hydrogen-bond acceptors (Lipinski definition) is 11. The molecule has 1 unspecified atom stereocenters. The van der Waals surface area contributed by atoms with E-state index in [2.05, 4.69) is 25.7 Å². The zero-order chi connectivity index (χ0) is 41.1. The number of benzene rings is 2. The number of aromatic nitrogens is 3. The molecule has 0 aliphatic carbocycles. The van der Waals surface area contributed by atoms with E-state index < -0.39 is 17.5 Å². The van der Waals surface area contributed by atoms with E-state index in [9.17, 15) is 9.18 Å². The molecule has 2 aromatic carbocycles. The molecular formula is C44H52F3N7O4. The second-order valence-electron chi connectivity index (χ2n) is 16.2. The molecule has 5 aromatic rings. The number of pyridine rings is 1. The third-order valence-electron chi connectivity index (χ3n) is 12.1. The fraction of sp³-hybridized carbons (Fsp3) is 0.500. The van der Waals surface area contributed by atoms with Crippen molar-refractivity contribution in [1.82, 2.24) is 24.8 Å². The fourth-order valence-electron chi connectivity index (χ4n) is 9.45. The number of likely N-dealkylation sites (tertiary alicyclic amines) is 1. The number of nitrogens with two attached hydrogens (primary N) is 2. The van der Waals surface area contributed by atoms with Gasteiger partial charge in [-0.3, -0.25) is 14.2 Å². The number of nitrogens with zero attached hydrogens (tertiary/aromatic N) is 5. The SMILES string of the molecule is C#Cc1c(F)ccc2cc(N)cc(-c3nc(CCCC4CCCCN(Cc5oc(=O)oc5C(C)C)C4)c4c(N)nc(OCC56CCCN5CCC6)nc4c3F)c12.CF. The van der Waals surface area contributed by atoms with E-state index in [-0.39, 0.29) is 45.6 Å². The van der Waals surface area contributed by atoms with Gasteiger partial charge in [0.05, 0.1) is 35.9 Å². The second kappa shape index (κ2) is 17.4. The first-order valence-electron chi connectivity index (χ1n) is 20.3. The van der Waals surface area contributed by atoms with Crippen LogP contribution in [-0.2, 0) is 13.0 Å². The van der Waals surface area contributed by atoms with Crippen LogP contribution in [0.5, 0.6) is 6.01 Å². The van der Waals surface area contributed by atoms with E-state index in [1.165, 1.54) is 6.07 Å². The molecule has 3 fully saturated rings. The summed E-state index contributed by atoms with van der Waals surface area (Å²) in [6.07, 6.45) is 15.3. The van der Waals surface area contributed by atoms with Crippen LogP contribution in [0.25, 0.3) is 32.9 Å². The number of halogens is 3. The van der Waals surface area contributed by atoms with Crippen LogP contribution in [-0.4, -0.2) is 70.3 Å². The first kappa shape index (κ1) is 41.0. The topological polar surface area (TPSA) is 150 Å². The molecule has 308 valence electrons. The lowest BCUT2D eigenvalue weighted by atomic mass is 9.94. The highest BCUT2D eigenvalue weighted by atomic mass is 19.1. The van der Waals surface area contributed by atoms with E-state index in [0.29, 0.717) is 71.7 Å².